The van der Waals surface area contributed by atoms with E-state index >= 15 is 0 Å². The molecular formula is C26H34N4O4. The van der Waals surface area contributed by atoms with E-state index in [2.05, 4.69) is 15.6 Å². The van der Waals surface area contributed by atoms with Gasteiger partial charge in [0, 0.05) is 44.1 Å². The Balaban J connectivity index is 1.14. The number of rotatable bonds is 9. The monoisotopic (exact) mass is 466 g/mol. The van der Waals surface area contributed by atoms with Crippen LogP contribution in [-0.4, -0.2) is 61.6 Å². The van der Waals surface area contributed by atoms with Crippen molar-refractivity contribution in [2.45, 2.75) is 44.6 Å². The van der Waals surface area contributed by atoms with E-state index in [-0.39, 0.29) is 17.9 Å². The average molecular weight is 467 g/mol. The molecule has 2 N–H and O–H groups in total. The molecular weight excluding hydrogens is 432 g/mol. The van der Waals surface area contributed by atoms with E-state index in [0.717, 1.165) is 56.4 Å². The van der Waals surface area contributed by atoms with Crippen LogP contribution in [0.1, 0.15) is 48.0 Å². The Labute approximate surface area is 201 Å². The molecule has 0 radical (unpaired) electrons. The number of nitrogens with zero attached hydrogens (tertiary/aromatic N) is 2. The minimum absolute atomic E-state index is 0.00429. The second-order valence-electron chi connectivity index (χ2n) is 9.00. The van der Waals surface area contributed by atoms with Crippen molar-refractivity contribution >= 4 is 17.5 Å². The zero-order chi connectivity index (χ0) is 23.9. The van der Waals surface area contributed by atoms with Gasteiger partial charge in [-0.05, 0) is 48.9 Å². The first-order chi connectivity index (χ1) is 16.6. The molecule has 2 amide bonds. The van der Waals surface area contributed by atoms with Gasteiger partial charge in [-0.25, -0.2) is 0 Å². The summed E-state index contributed by atoms with van der Waals surface area (Å²) < 4.78 is 10.8. The molecule has 0 aliphatic carbocycles. The van der Waals surface area contributed by atoms with Gasteiger partial charge in [0.15, 0.2) is 11.5 Å². The van der Waals surface area contributed by atoms with Crippen LogP contribution >= 0.6 is 0 Å². The number of carbonyl (C=O) groups is 2. The van der Waals surface area contributed by atoms with Gasteiger partial charge >= 0.3 is 0 Å². The van der Waals surface area contributed by atoms with Crippen LogP contribution < -0.4 is 20.1 Å². The predicted molar refractivity (Wildman–Crippen MR) is 130 cm³/mol. The number of aromatic nitrogens is 1. The normalized spacial score (nSPS) is 17.6. The standard InChI is InChI=1S/C26H34N4O4/c1-33-23-8-5-7-20(24(23)34-2)26(32)30-14-10-18(11-15-30)6-3-4-12-28-25(31)22-16-19-17-27-13-9-21(19)29-22/h5,7-9,13,17-18,22,29H,3-4,6,10-12,14-16H2,1-2H3,(H,28,31). The fraction of sp³-hybridized carbons (Fsp3) is 0.500. The summed E-state index contributed by atoms with van der Waals surface area (Å²) in [7, 11) is 3.13. The van der Waals surface area contributed by atoms with Crippen molar-refractivity contribution < 1.29 is 19.1 Å². The van der Waals surface area contributed by atoms with Crippen LogP contribution in [0.4, 0.5) is 5.69 Å². The molecule has 2 aliphatic heterocycles. The smallest absolute Gasteiger partial charge is 0.257 e. The number of pyridine rings is 1. The van der Waals surface area contributed by atoms with E-state index in [4.69, 9.17) is 9.47 Å². The molecule has 0 saturated carbocycles. The van der Waals surface area contributed by atoms with Gasteiger partial charge in [-0.1, -0.05) is 18.9 Å². The first-order valence-electron chi connectivity index (χ1n) is 12.1. The van der Waals surface area contributed by atoms with E-state index in [1.165, 1.54) is 0 Å². The second kappa shape index (κ2) is 11.2. The van der Waals surface area contributed by atoms with E-state index in [1.807, 2.05) is 23.2 Å². The van der Waals surface area contributed by atoms with Crippen molar-refractivity contribution in [2.75, 3.05) is 39.2 Å². The summed E-state index contributed by atoms with van der Waals surface area (Å²) >= 11 is 0. The number of para-hydroxylation sites is 1. The third-order valence-corrected chi connectivity index (χ3v) is 6.85. The number of methoxy groups -OCH3 is 2. The Morgan fingerprint density at radius 2 is 1.97 bits per heavy atom. The van der Waals surface area contributed by atoms with Crippen molar-refractivity contribution in [3.8, 4) is 11.5 Å². The first kappa shape index (κ1) is 23.9. The lowest BCUT2D eigenvalue weighted by atomic mass is 9.91. The molecule has 4 rings (SSSR count). The second-order valence-corrected chi connectivity index (χ2v) is 9.00. The number of ether oxygens (including phenoxy) is 2. The number of unbranched alkanes of at least 4 members (excludes halogenated alkanes) is 1. The van der Waals surface area contributed by atoms with Crippen LogP contribution in [-0.2, 0) is 11.2 Å². The highest BCUT2D eigenvalue weighted by Gasteiger charge is 2.27. The van der Waals surface area contributed by atoms with Crippen LogP contribution in [0.2, 0.25) is 0 Å². The average Bonchev–Trinajstić information content (AvgIpc) is 3.32. The molecule has 182 valence electrons. The lowest BCUT2D eigenvalue weighted by Gasteiger charge is -2.32. The fourth-order valence-corrected chi connectivity index (χ4v) is 4.89. The number of fused-ring (bicyclic) bond motifs is 1. The lowest BCUT2D eigenvalue weighted by molar-refractivity contribution is -0.121. The van der Waals surface area contributed by atoms with Crippen molar-refractivity contribution in [2.24, 2.45) is 5.92 Å². The molecule has 1 unspecified atom stereocenters. The highest BCUT2D eigenvalue weighted by molar-refractivity contribution is 5.98. The van der Waals surface area contributed by atoms with E-state index in [0.29, 0.717) is 35.9 Å². The van der Waals surface area contributed by atoms with Crippen LogP contribution in [0, 0.1) is 5.92 Å². The van der Waals surface area contributed by atoms with Crippen LogP contribution in [0.3, 0.4) is 0 Å². The molecule has 2 aliphatic rings. The molecule has 8 nitrogen and oxygen atoms in total. The molecule has 0 bridgehead atoms. The zero-order valence-corrected chi connectivity index (χ0v) is 20.0. The van der Waals surface area contributed by atoms with Crippen LogP contribution in [0.15, 0.2) is 36.7 Å². The molecule has 2 aromatic rings. The molecule has 1 saturated heterocycles. The van der Waals surface area contributed by atoms with E-state index in [1.54, 1.807) is 32.5 Å². The molecule has 8 heteroatoms. The largest absolute Gasteiger partial charge is 0.493 e. The number of nitrogens with one attached hydrogen (secondary N) is 2. The van der Waals surface area contributed by atoms with Gasteiger partial charge in [-0.3, -0.25) is 14.6 Å². The Hall–Kier alpha value is -3.29. The molecule has 0 spiro atoms. The number of likely N-dealkylation sites (tertiary alicyclic amines) is 1. The number of amides is 2. The Morgan fingerprint density at radius 1 is 1.15 bits per heavy atom. The SMILES string of the molecule is COc1cccc(C(=O)N2CCC(CCCCNC(=O)C3Cc4cnccc4N3)CC2)c1OC. The van der Waals surface area contributed by atoms with E-state index < -0.39 is 0 Å². The zero-order valence-electron chi connectivity index (χ0n) is 20.0. The van der Waals surface area contributed by atoms with Crippen molar-refractivity contribution in [3.63, 3.8) is 0 Å². The molecule has 3 heterocycles. The molecule has 34 heavy (non-hydrogen) atoms. The van der Waals surface area contributed by atoms with Crippen molar-refractivity contribution in [1.29, 1.82) is 0 Å². The minimum Gasteiger partial charge on any atom is -0.493 e. The summed E-state index contributed by atoms with van der Waals surface area (Å²) in [5.74, 6) is 1.73. The van der Waals surface area contributed by atoms with Gasteiger partial charge in [0.1, 0.15) is 6.04 Å². The molecule has 1 aromatic heterocycles. The Bertz CT molecular complexity index is 979. The highest BCUT2D eigenvalue weighted by atomic mass is 16.5. The summed E-state index contributed by atoms with van der Waals surface area (Å²) in [5, 5.41) is 6.33. The maximum absolute atomic E-state index is 13.0. The highest BCUT2D eigenvalue weighted by Crippen LogP contribution is 2.33. The van der Waals surface area contributed by atoms with Crippen LogP contribution in [0.25, 0.3) is 0 Å². The van der Waals surface area contributed by atoms with Crippen LogP contribution in [0.5, 0.6) is 11.5 Å². The Morgan fingerprint density at radius 3 is 2.71 bits per heavy atom. The van der Waals surface area contributed by atoms with Gasteiger partial charge in [0.2, 0.25) is 5.91 Å². The first-order valence-corrected chi connectivity index (χ1v) is 12.1. The van der Waals surface area contributed by atoms with Gasteiger partial charge in [0.25, 0.3) is 5.91 Å². The quantitative estimate of drug-likeness (QED) is 0.551. The summed E-state index contributed by atoms with van der Waals surface area (Å²) in [4.78, 5) is 31.5. The summed E-state index contributed by atoms with van der Waals surface area (Å²) in [5.41, 5.74) is 2.65. The number of piperidine rings is 1. The summed E-state index contributed by atoms with van der Waals surface area (Å²) in [6, 6.07) is 7.11. The maximum Gasteiger partial charge on any atom is 0.257 e. The number of hydrogen-bond acceptors (Lipinski definition) is 6. The van der Waals surface area contributed by atoms with Crippen molar-refractivity contribution in [3.05, 3.63) is 47.8 Å². The summed E-state index contributed by atoms with van der Waals surface area (Å²) in [6.07, 6.45) is 9.42. The van der Waals surface area contributed by atoms with E-state index in [9.17, 15) is 9.59 Å². The molecule has 1 atom stereocenters. The third-order valence-electron chi connectivity index (χ3n) is 6.85. The van der Waals surface area contributed by atoms with Gasteiger partial charge in [0.05, 0.1) is 19.8 Å². The third kappa shape index (κ3) is 5.43. The number of carbonyl (C=O) groups excluding carboxylic acids is 2. The fourth-order valence-electron chi connectivity index (χ4n) is 4.89. The summed E-state index contributed by atoms with van der Waals surface area (Å²) in [6.45, 7) is 2.20. The minimum atomic E-state index is -0.204. The van der Waals surface area contributed by atoms with Gasteiger partial charge in [-0.2, -0.15) is 0 Å². The molecule has 1 aromatic carbocycles. The van der Waals surface area contributed by atoms with Gasteiger partial charge < -0.3 is 25.0 Å². The van der Waals surface area contributed by atoms with Crippen molar-refractivity contribution in [1.82, 2.24) is 15.2 Å². The Kier molecular flexibility index (Phi) is 7.87. The maximum atomic E-state index is 13.0. The molecule has 1 fully saturated rings. The lowest BCUT2D eigenvalue weighted by Crippen LogP contribution is -2.39. The predicted octanol–water partition coefficient (Wildman–Crippen LogP) is 3.27. The number of hydrogen-bond donors (Lipinski definition) is 2. The number of benzene rings is 1. The van der Waals surface area contributed by atoms with Gasteiger partial charge in [-0.15, -0.1) is 0 Å². The number of anilines is 1. The topological polar surface area (TPSA) is 92.8 Å².